The fraction of sp³-hybridized carbons (Fsp3) is 0.316. The Morgan fingerprint density at radius 1 is 1.09 bits per heavy atom. The molecule has 0 aliphatic heterocycles. The second kappa shape index (κ2) is 6.73. The van der Waals surface area contributed by atoms with Crippen molar-refractivity contribution in [1.29, 1.82) is 0 Å². The third-order valence-corrected chi connectivity index (χ3v) is 4.29. The molecular weight excluding hydrogens is 290 g/mol. The molecule has 23 heavy (non-hydrogen) atoms. The SMILES string of the molecule is Cc1ccc(C(CC(=O)c2ccccc2)C(C)(C)[N+](=O)[O-])cc1. The molecular formula is C19H21NO3. The molecule has 0 heterocycles. The monoisotopic (exact) mass is 311 g/mol. The predicted molar refractivity (Wildman–Crippen MR) is 90.4 cm³/mol. The highest BCUT2D eigenvalue weighted by Gasteiger charge is 2.42. The van der Waals surface area contributed by atoms with Crippen molar-refractivity contribution in [3.05, 3.63) is 81.4 Å². The largest absolute Gasteiger partial charge is 0.294 e. The third kappa shape index (κ3) is 3.83. The Kier molecular flexibility index (Phi) is 4.94. The second-order valence-corrected chi connectivity index (χ2v) is 6.37. The van der Waals surface area contributed by atoms with Crippen LogP contribution in [0, 0.1) is 17.0 Å². The van der Waals surface area contributed by atoms with Gasteiger partial charge in [0.15, 0.2) is 5.78 Å². The Balaban J connectivity index is 2.36. The van der Waals surface area contributed by atoms with Crippen LogP contribution in [0.1, 0.15) is 47.7 Å². The van der Waals surface area contributed by atoms with E-state index in [9.17, 15) is 14.9 Å². The first-order valence-corrected chi connectivity index (χ1v) is 7.61. The topological polar surface area (TPSA) is 60.2 Å². The van der Waals surface area contributed by atoms with Gasteiger partial charge in [-0.2, -0.15) is 0 Å². The van der Waals surface area contributed by atoms with Crippen molar-refractivity contribution < 1.29 is 9.72 Å². The van der Waals surface area contributed by atoms with Crippen LogP contribution in [-0.2, 0) is 0 Å². The van der Waals surface area contributed by atoms with Crippen LogP contribution in [0.4, 0.5) is 0 Å². The number of hydrogen-bond donors (Lipinski definition) is 0. The molecule has 0 fully saturated rings. The van der Waals surface area contributed by atoms with Gasteiger partial charge in [0.05, 0.1) is 5.92 Å². The maximum Gasteiger partial charge on any atom is 0.223 e. The molecule has 2 aromatic rings. The van der Waals surface area contributed by atoms with Crippen LogP contribution < -0.4 is 0 Å². The van der Waals surface area contributed by atoms with E-state index in [1.54, 1.807) is 38.1 Å². The highest BCUT2D eigenvalue weighted by Crippen LogP contribution is 2.34. The average molecular weight is 311 g/mol. The summed E-state index contributed by atoms with van der Waals surface area (Å²) < 4.78 is 0. The minimum absolute atomic E-state index is 0.0777. The molecule has 0 bridgehead atoms. The summed E-state index contributed by atoms with van der Waals surface area (Å²) in [5, 5.41) is 11.5. The fourth-order valence-electron chi connectivity index (χ4n) is 2.63. The van der Waals surface area contributed by atoms with Crippen molar-refractivity contribution in [2.75, 3.05) is 0 Å². The van der Waals surface area contributed by atoms with E-state index in [-0.39, 0.29) is 17.1 Å². The van der Waals surface area contributed by atoms with Crippen LogP contribution in [0.5, 0.6) is 0 Å². The van der Waals surface area contributed by atoms with Gasteiger partial charge in [-0.15, -0.1) is 0 Å². The number of carbonyl (C=O) groups excluding carboxylic acids is 1. The lowest BCUT2D eigenvalue weighted by atomic mass is 9.78. The molecule has 4 nitrogen and oxygen atoms in total. The van der Waals surface area contributed by atoms with Crippen molar-refractivity contribution in [3.8, 4) is 0 Å². The highest BCUT2D eigenvalue weighted by molar-refractivity contribution is 5.96. The normalized spacial score (nSPS) is 12.7. The molecule has 0 aromatic heterocycles. The first kappa shape index (κ1) is 16.9. The minimum Gasteiger partial charge on any atom is -0.294 e. The second-order valence-electron chi connectivity index (χ2n) is 6.37. The Morgan fingerprint density at radius 2 is 1.65 bits per heavy atom. The fourth-order valence-corrected chi connectivity index (χ4v) is 2.63. The van der Waals surface area contributed by atoms with E-state index in [1.165, 1.54) is 0 Å². The molecule has 0 saturated carbocycles. The average Bonchev–Trinajstić information content (AvgIpc) is 2.54. The van der Waals surface area contributed by atoms with Gasteiger partial charge < -0.3 is 0 Å². The smallest absolute Gasteiger partial charge is 0.223 e. The minimum atomic E-state index is -1.22. The van der Waals surface area contributed by atoms with Crippen molar-refractivity contribution in [1.82, 2.24) is 0 Å². The van der Waals surface area contributed by atoms with Gasteiger partial charge in [-0.05, 0) is 12.5 Å². The molecule has 0 amide bonds. The summed E-state index contributed by atoms with van der Waals surface area (Å²) in [6.07, 6.45) is 0.112. The van der Waals surface area contributed by atoms with Gasteiger partial charge in [-0.1, -0.05) is 60.2 Å². The predicted octanol–water partition coefficient (Wildman–Crippen LogP) is 4.41. The zero-order chi connectivity index (χ0) is 17.0. The first-order valence-electron chi connectivity index (χ1n) is 7.61. The van der Waals surface area contributed by atoms with Crippen LogP contribution in [0.3, 0.4) is 0 Å². The number of hydrogen-bond acceptors (Lipinski definition) is 3. The summed E-state index contributed by atoms with van der Waals surface area (Å²) in [4.78, 5) is 23.8. The van der Waals surface area contributed by atoms with Crippen molar-refractivity contribution in [3.63, 3.8) is 0 Å². The quantitative estimate of drug-likeness (QED) is 0.451. The summed E-state index contributed by atoms with van der Waals surface area (Å²) in [7, 11) is 0. The third-order valence-electron chi connectivity index (χ3n) is 4.29. The summed E-state index contributed by atoms with van der Waals surface area (Å²) in [5.74, 6) is -0.558. The van der Waals surface area contributed by atoms with Crippen molar-refractivity contribution in [2.45, 2.75) is 38.6 Å². The molecule has 0 aliphatic rings. The molecule has 0 spiro atoms. The van der Waals surface area contributed by atoms with Crippen molar-refractivity contribution in [2.24, 2.45) is 0 Å². The van der Waals surface area contributed by atoms with Gasteiger partial charge in [0.2, 0.25) is 5.54 Å². The molecule has 4 heteroatoms. The number of Topliss-reactive ketones (excluding diaryl/α,β-unsaturated/α-hetero) is 1. The Hall–Kier alpha value is -2.49. The van der Waals surface area contributed by atoms with Crippen LogP contribution in [0.25, 0.3) is 0 Å². The molecule has 0 aliphatic carbocycles. The van der Waals surface area contributed by atoms with E-state index in [2.05, 4.69) is 0 Å². The molecule has 120 valence electrons. The number of nitro groups is 1. The van der Waals surface area contributed by atoms with Crippen molar-refractivity contribution >= 4 is 5.78 Å². The van der Waals surface area contributed by atoms with Gasteiger partial charge in [-0.25, -0.2) is 0 Å². The molecule has 0 saturated heterocycles. The van der Waals surface area contributed by atoms with Gasteiger partial charge >= 0.3 is 0 Å². The van der Waals surface area contributed by atoms with Gasteiger partial charge in [0.1, 0.15) is 0 Å². The van der Waals surface area contributed by atoms with E-state index in [0.29, 0.717) is 5.56 Å². The highest BCUT2D eigenvalue weighted by atomic mass is 16.6. The summed E-state index contributed by atoms with van der Waals surface area (Å²) in [6.45, 7) is 5.12. The maximum absolute atomic E-state index is 12.5. The summed E-state index contributed by atoms with van der Waals surface area (Å²) in [5.41, 5.74) is 1.27. The number of ketones is 1. The summed E-state index contributed by atoms with van der Waals surface area (Å²) >= 11 is 0. The van der Waals surface area contributed by atoms with E-state index >= 15 is 0 Å². The van der Waals surface area contributed by atoms with Crippen LogP contribution in [-0.4, -0.2) is 16.2 Å². The lowest BCUT2D eigenvalue weighted by molar-refractivity contribution is -0.565. The molecule has 2 aromatic carbocycles. The summed E-state index contributed by atoms with van der Waals surface area (Å²) in [6, 6.07) is 16.5. The van der Waals surface area contributed by atoms with E-state index in [0.717, 1.165) is 11.1 Å². The Labute approximate surface area is 136 Å². The number of nitrogens with zero attached hydrogens (tertiary/aromatic N) is 1. The number of rotatable bonds is 6. The lowest BCUT2D eigenvalue weighted by Gasteiger charge is -2.27. The van der Waals surface area contributed by atoms with Gasteiger partial charge in [0.25, 0.3) is 0 Å². The number of carbonyl (C=O) groups is 1. The van der Waals surface area contributed by atoms with Gasteiger partial charge in [-0.3, -0.25) is 14.9 Å². The number of benzene rings is 2. The zero-order valence-electron chi connectivity index (χ0n) is 13.7. The first-order chi connectivity index (χ1) is 10.8. The molecule has 1 unspecified atom stereocenters. The maximum atomic E-state index is 12.5. The molecule has 2 rings (SSSR count). The van der Waals surface area contributed by atoms with Crippen LogP contribution >= 0.6 is 0 Å². The molecule has 0 radical (unpaired) electrons. The number of aryl methyl sites for hydroxylation is 1. The molecule has 0 N–H and O–H groups in total. The zero-order valence-corrected chi connectivity index (χ0v) is 13.7. The van der Waals surface area contributed by atoms with Crippen LogP contribution in [0.2, 0.25) is 0 Å². The lowest BCUT2D eigenvalue weighted by Crippen LogP contribution is -2.39. The van der Waals surface area contributed by atoms with E-state index in [1.807, 2.05) is 37.3 Å². The molecule has 1 atom stereocenters. The Morgan fingerprint density at radius 3 is 2.17 bits per heavy atom. The van der Waals surface area contributed by atoms with E-state index < -0.39 is 11.5 Å². The van der Waals surface area contributed by atoms with E-state index in [4.69, 9.17) is 0 Å². The van der Waals surface area contributed by atoms with Gasteiger partial charge in [0, 0.05) is 30.8 Å². The van der Waals surface area contributed by atoms with Crippen LogP contribution in [0.15, 0.2) is 54.6 Å². The Bertz CT molecular complexity index is 690. The standard InChI is InChI=1S/C19H21NO3/c1-14-9-11-15(12-10-14)17(19(2,3)20(22)23)13-18(21)16-7-5-4-6-8-16/h4-12,17H,13H2,1-3H3.